The van der Waals surface area contributed by atoms with Crippen LogP contribution in [0.4, 0.5) is 0 Å². The fourth-order valence-corrected chi connectivity index (χ4v) is 5.14. The number of carbonyl (C=O) groups is 1. The number of nitrogens with zero attached hydrogens (tertiary/aromatic N) is 1. The van der Waals surface area contributed by atoms with E-state index in [1.165, 1.54) is 0 Å². The molecule has 3 aliphatic rings. The van der Waals surface area contributed by atoms with Crippen LogP contribution in [0, 0.1) is 11.8 Å². The number of benzene rings is 1. The van der Waals surface area contributed by atoms with Gasteiger partial charge in [0.1, 0.15) is 6.10 Å². The van der Waals surface area contributed by atoms with E-state index in [1.54, 1.807) is 0 Å². The van der Waals surface area contributed by atoms with Crippen molar-refractivity contribution in [2.24, 2.45) is 11.8 Å². The van der Waals surface area contributed by atoms with E-state index in [4.69, 9.17) is 4.74 Å². The third kappa shape index (κ3) is 2.47. The van der Waals surface area contributed by atoms with Crippen molar-refractivity contribution in [3.05, 3.63) is 35.9 Å². The summed E-state index contributed by atoms with van der Waals surface area (Å²) in [6.07, 6.45) is 6.08. The molecule has 1 heterocycles. The fraction of sp³-hybridized carbons (Fsp3) is 0.650. The highest BCUT2D eigenvalue weighted by molar-refractivity contribution is 5.82. The summed E-state index contributed by atoms with van der Waals surface area (Å²) in [7, 11) is 2.10. The number of hydrogen-bond donors (Lipinski definition) is 1. The predicted molar refractivity (Wildman–Crippen MR) is 91.3 cm³/mol. The van der Waals surface area contributed by atoms with Crippen molar-refractivity contribution in [3.63, 3.8) is 0 Å². The van der Waals surface area contributed by atoms with Gasteiger partial charge in [0.15, 0.2) is 5.60 Å². The van der Waals surface area contributed by atoms with Gasteiger partial charge in [-0.2, -0.15) is 0 Å². The highest BCUT2D eigenvalue weighted by Gasteiger charge is 2.53. The molecule has 0 spiro atoms. The summed E-state index contributed by atoms with van der Waals surface area (Å²) in [6, 6.07) is 9.72. The number of ether oxygens (including phenoxy) is 1. The van der Waals surface area contributed by atoms with Crippen LogP contribution in [0.5, 0.6) is 0 Å². The summed E-state index contributed by atoms with van der Waals surface area (Å²) in [5.74, 6) is -0.0467. The smallest absolute Gasteiger partial charge is 0.343 e. The van der Waals surface area contributed by atoms with Crippen LogP contribution in [0.1, 0.15) is 44.1 Å². The zero-order chi connectivity index (χ0) is 16.7. The van der Waals surface area contributed by atoms with Crippen molar-refractivity contribution >= 4 is 5.97 Å². The third-order valence-electron chi connectivity index (χ3n) is 6.48. The number of fused-ring (bicyclic) bond motifs is 2. The summed E-state index contributed by atoms with van der Waals surface area (Å²) in [4.78, 5) is 15.4. The Labute approximate surface area is 143 Å². The number of likely N-dealkylation sites (N-methyl/N-ethyl adjacent to an activating group) is 1. The van der Waals surface area contributed by atoms with Gasteiger partial charge in [-0.1, -0.05) is 43.2 Å². The minimum atomic E-state index is -1.50. The largest absolute Gasteiger partial charge is 0.458 e. The summed E-state index contributed by atoms with van der Waals surface area (Å²) >= 11 is 0. The van der Waals surface area contributed by atoms with E-state index in [1.807, 2.05) is 30.3 Å². The van der Waals surface area contributed by atoms with Gasteiger partial charge < -0.3 is 9.84 Å². The lowest BCUT2D eigenvalue weighted by atomic mass is 9.80. The van der Waals surface area contributed by atoms with Crippen LogP contribution >= 0.6 is 0 Å². The Morgan fingerprint density at radius 3 is 2.46 bits per heavy atom. The first-order valence-electron chi connectivity index (χ1n) is 9.30. The molecular formula is C20H27NO3. The average molecular weight is 329 g/mol. The van der Waals surface area contributed by atoms with Crippen LogP contribution in [0.2, 0.25) is 0 Å². The Bertz CT molecular complexity index is 598. The molecule has 1 saturated heterocycles. The van der Waals surface area contributed by atoms with Crippen LogP contribution < -0.4 is 0 Å². The zero-order valence-electron chi connectivity index (χ0n) is 14.4. The third-order valence-corrected chi connectivity index (χ3v) is 6.48. The normalized spacial score (nSPS) is 32.8. The molecule has 1 aromatic rings. The molecule has 24 heavy (non-hydrogen) atoms. The van der Waals surface area contributed by atoms with Crippen molar-refractivity contribution in [2.45, 2.75) is 56.3 Å². The predicted octanol–water partition coefficient (Wildman–Crippen LogP) is 2.70. The van der Waals surface area contributed by atoms with Gasteiger partial charge in [-0.05, 0) is 38.3 Å². The second-order valence-electron chi connectivity index (χ2n) is 7.83. The molecule has 130 valence electrons. The van der Waals surface area contributed by atoms with E-state index in [0.29, 0.717) is 17.5 Å². The van der Waals surface area contributed by atoms with Gasteiger partial charge in [0.05, 0.1) is 0 Å². The SMILES string of the molecule is CN1CC2CC[C@H]1C2OC(=O)C(O)(c1ccccc1)C1CCCC1. The van der Waals surface area contributed by atoms with Crippen molar-refractivity contribution in [2.75, 3.05) is 13.6 Å². The van der Waals surface area contributed by atoms with Gasteiger partial charge >= 0.3 is 5.97 Å². The first-order chi connectivity index (χ1) is 11.6. The molecule has 1 aliphatic heterocycles. The maximum atomic E-state index is 13.1. The molecule has 4 nitrogen and oxygen atoms in total. The van der Waals surface area contributed by atoms with Gasteiger partial charge in [0.25, 0.3) is 0 Å². The molecule has 2 saturated carbocycles. The second kappa shape index (κ2) is 6.16. The van der Waals surface area contributed by atoms with Crippen LogP contribution in [0.3, 0.4) is 0 Å². The average Bonchev–Trinajstić information content (AvgIpc) is 3.32. The Morgan fingerprint density at radius 2 is 1.88 bits per heavy atom. The lowest BCUT2D eigenvalue weighted by Gasteiger charge is -2.34. The standard InChI is InChI=1S/C20H27NO3/c1-21-13-14-11-12-17(21)18(14)24-19(22)20(23,16-9-5-6-10-16)15-7-3-2-4-8-15/h2-4,7-8,14,16-18,23H,5-6,9-13H2,1H3/t14?,17-,18?,20?/m0/s1. The number of carbonyl (C=O) groups excluding carboxylic acids is 1. The van der Waals surface area contributed by atoms with E-state index in [0.717, 1.165) is 45.1 Å². The molecule has 3 unspecified atom stereocenters. The van der Waals surface area contributed by atoms with Crippen molar-refractivity contribution in [1.82, 2.24) is 4.90 Å². The van der Waals surface area contributed by atoms with Crippen molar-refractivity contribution in [1.29, 1.82) is 0 Å². The Balaban J connectivity index is 1.60. The molecular weight excluding hydrogens is 302 g/mol. The highest BCUT2D eigenvalue weighted by Crippen LogP contribution is 2.44. The monoisotopic (exact) mass is 329 g/mol. The summed E-state index contributed by atoms with van der Waals surface area (Å²) in [5.41, 5.74) is -0.821. The molecule has 1 aromatic carbocycles. The van der Waals surface area contributed by atoms with E-state index in [2.05, 4.69) is 11.9 Å². The molecule has 2 bridgehead atoms. The molecule has 0 aromatic heterocycles. The minimum absolute atomic E-state index is 0.0378. The maximum absolute atomic E-state index is 13.1. The first kappa shape index (κ1) is 16.1. The Hall–Kier alpha value is -1.39. The molecule has 0 radical (unpaired) electrons. The molecule has 4 rings (SSSR count). The lowest BCUT2D eigenvalue weighted by molar-refractivity contribution is -0.181. The van der Waals surface area contributed by atoms with Gasteiger partial charge in [0, 0.05) is 24.4 Å². The minimum Gasteiger partial charge on any atom is -0.458 e. The number of piperidine rings is 1. The number of rotatable bonds is 4. The molecule has 1 N–H and O–H groups in total. The zero-order valence-corrected chi connectivity index (χ0v) is 14.4. The van der Waals surface area contributed by atoms with E-state index in [9.17, 15) is 9.90 Å². The first-order valence-corrected chi connectivity index (χ1v) is 9.30. The lowest BCUT2D eigenvalue weighted by Crippen LogP contribution is -2.46. The molecule has 0 amide bonds. The van der Waals surface area contributed by atoms with Crippen LogP contribution in [-0.2, 0) is 15.1 Å². The van der Waals surface area contributed by atoms with E-state index < -0.39 is 11.6 Å². The highest BCUT2D eigenvalue weighted by atomic mass is 16.6. The number of aliphatic hydroxyl groups is 1. The maximum Gasteiger partial charge on any atom is 0.343 e. The molecule has 4 atom stereocenters. The number of hydrogen-bond acceptors (Lipinski definition) is 4. The Kier molecular flexibility index (Phi) is 4.13. The van der Waals surface area contributed by atoms with Gasteiger partial charge in [0.2, 0.25) is 0 Å². The molecule has 2 aliphatic carbocycles. The molecule has 4 heteroatoms. The van der Waals surface area contributed by atoms with Crippen molar-refractivity contribution < 1.29 is 14.6 Å². The van der Waals surface area contributed by atoms with E-state index in [-0.39, 0.29) is 12.0 Å². The van der Waals surface area contributed by atoms with Crippen LogP contribution in [0.25, 0.3) is 0 Å². The van der Waals surface area contributed by atoms with Crippen LogP contribution in [-0.4, -0.2) is 41.7 Å². The van der Waals surface area contributed by atoms with Gasteiger partial charge in [-0.3, -0.25) is 4.90 Å². The fourth-order valence-electron chi connectivity index (χ4n) is 5.14. The summed E-state index contributed by atoms with van der Waals surface area (Å²) in [5, 5.41) is 11.5. The van der Waals surface area contributed by atoms with Crippen molar-refractivity contribution in [3.8, 4) is 0 Å². The van der Waals surface area contributed by atoms with Crippen LogP contribution in [0.15, 0.2) is 30.3 Å². The summed E-state index contributed by atoms with van der Waals surface area (Å²) in [6.45, 7) is 0.996. The quantitative estimate of drug-likeness (QED) is 0.863. The van der Waals surface area contributed by atoms with E-state index >= 15 is 0 Å². The number of likely N-dealkylation sites (tertiary alicyclic amines) is 1. The summed E-state index contributed by atoms with van der Waals surface area (Å²) < 4.78 is 5.97. The number of esters is 1. The Morgan fingerprint density at radius 1 is 1.17 bits per heavy atom. The van der Waals surface area contributed by atoms with Gasteiger partial charge in [-0.25, -0.2) is 4.79 Å². The second-order valence-corrected chi connectivity index (χ2v) is 7.83. The topological polar surface area (TPSA) is 49.8 Å². The molecule has 3 fully saturated rings. The van der Waals surface area contributed by atoms with Gasteiger partial charge in [-0.15, -0.1) is 0 Å².